The third-order valence-electron chi connectivity index (χ3n) is 3.57. The van der Waals surface area contributed by atoms with Crippen LogP contribution in [0.1, 0.15) is 36.3 Å². The Bertz CT molecular complexity index is 680. The van der Waals surface area contributed by atoms with E-state index in [2.05, 4.69) is 10.4 Å². The van der Waals surface area contributed by atoms with Gasteiger partial charge in [0.1, 0.15) is 18.3 Å². The normalized spacial score (nSPS) is 12.0. The molecule has 0 spiro atoms. The molecule has 0 bridgehead atoms. The highest BCUT2D eigenvalue weighted by molar-refractivity contribution is 5.95. The lowest BCUT2D eigenvalue weighted by Crippen LogP contribution is -2.43. The molecule has 0 aliphatic rings. The highest BCUT2D eigenvalue weighted by Gasteiger charge is 2.25. The zero-order valence-electron chi connectivity index (χ0n) is 14.2. The van der Waals surface area contributed by atoms with Crippen molar-refractivity contribution in [2.75, 3.05) is 0 Å². The van der Waals surface area contributed by atoms with Gasteiger partial charge < -0.3 is 10.1 Å². The summed E-state index contributed by atoms with van der Waals surface area (Å²) in [6, 6.07) is 10.4. The number of nitrogens with zero attached hydrogens (tertiary/aromatic N) is 2. The quantitative estimate of drug-likeness (QED) is 0.791. The Morgan fingerprint density at radius 2 is 1.92 bits per heavy atom. The van der Waals surface area contributed by atoms with Crippen LogP contribution in [-0.4, -0.2) is 27.7 Å². The lowest BCUT2D eigenvalue weighted by atomic mass is 10.0. The predicted molar refractivity (Wildman–Crippen MR) is 90.2 cm³/mol. The first kappa shape index (κ1) is 17.7. The Hall–Kier alpha value is -2.63. The number of hydrogen-bond donors (Lipinski definition) is 1. The largest absolute Gasteiger partial charge is 0.459 e. The molecule has 0 aliphatic heterocycles. The molecule has 1 atom stereocenters. The van der Waals surface area contributed by atoms with Crippen molar-refractivity contribution in [1.29, 1.82) is 0 Å². The van der Waals surface area contributed by atoms with Crippen LogP contribution in [0.5, 0.6) is 0 Å². The summed E-state index contributed by atoms with van der Waals surface area (Å²) in [6.45, 7) is 4.18. The molecule has 1 amide bonds. The van der Waals surface area contributed by atoms with Gasteiger partial charge in [0.05, 0.1) is 0 Å². The van der Waals surface area contributed by atoms with Crippen LogP contribution in [0.2, 0.25) is 0 Å². The molecule has 0 saturated heterocycles. The second-order valence-electron chi connectivity index (χ2n) is 6.09. The van der Waals surface area contributed by atoms with Crippen LogP contribution in [0.3, 0.4) is 0 Å². The smallest absolute Gasteiger partial charge is 0.328 e. The van der Waals surface area contributed by atoms with E-state index in [4.69, 9.17) is 4.74 Å². The Morgan fingerprint density at radius 1 is 1.21 bits per heavy atom. The van der Waals surface area contributed by atoms with Crippen LogP contribution < -0.4 is 5.32 Å². The van der Waals surface area contributed by atoms with E-state index in [0.29, 0.717) is 12.1 Å². The van der Waals surface area contributed by atoms with Gasteiger partial charge in [-0.2, -0.15) is 5.10 Å². The van der Waals surface area contributed by atoms with E-state index in [1.165, 1.54) is 4.68 Å². The van der Waals surface area contributed by atoms with Crippen LogP contribution in [0, 0.1) is 5.92 Å². The number of hydrogen-bond acceptors (Lipinski definition) is 4. The van der Waals surface area contributed by atoms with E-state index in [1.54, 1.807) is 19.3 Å². The zero-order valence-corrected chi connectivity index (χ0v) is 14.2. The molecule has 0 aliphatic carbocycles. The summed E-state index contributed by atoms with van der Waals surface area (Å²) in [5, 5.41) is 6.72. The van der Waals surface area contributed by atoms with Crippen molar-refractivity contribution < 1.29 is 14.3 Å². The van der Waals surface area contributed by atoms with Crippen molar-refractivity contribution in [2.45, 2.75) is 32.9 Å². The molecule has 2 aromatic rings. The standard InChI is InChI=1S/C18H23N3O3/c1-13(2)11-15(20-17(22)16-9-10-19-21(16)3)18(23)24-12-14-7-5-4-6-8-14/h4-10,13,15H,11-12H2,1-3H3,(H,20,22)/t15-/m1/s1. The van der Waals surface area contributed by atoms with Crippen LogP contribution in [0.4, 0.5) is 0 Å². The summed E-state index contributed by atoms with van der Waals surface area (Å²) in [5.74, 6) is -0.522. The van der Waals surface area contributed by atoms with Gasteiger partial charge in [0, 0.05) is 13.2 Å². The second-order valence-corrected chi connectivity index (χ2v) is 6.09. The topological polar surface area (TPSA) is 73.2 Å². The number of nitrogens with one attached hydrogen (secondary N) is 1. The summed E-state index contributed by atoms with van der Waals surface area (Å²) in [4.78, 5) is 24.7. The van der Waals surface area contributed by atoms with Gasteiger partial charge in [-0.1, -0.05) is 44.2 Å². The Morgan fingerprint density at radius 3 is 2.50 bits per heavy atom. The number of carbonyl (C=O) groups excluding carboxylic acids is 2. The number of amides is 1. The summed E-state index contributed by atoms with van der Waals surface area (Å²) in [7, 11) is 1.68. The maximum absolute atomic E-state index is 12.4. The van der Waals surface area contributed by atoms with E-state index < -0.39 is 12.0 Å². The van der Waals surface area contributed by atoms with Crippen LogP contribution in [0.15, 0.2) is 42.6 Å². The van der Waals surface area contributed by atoms with Gasteiger partial charge in [0.15, 0.2) is 0 Å². The average Bonchev–Trinajstić information content (AvgIpc) is 2.98. The highest BCUT2D eigenvalue weighted by atomic mass is 16.5. The maximum atomic E-state index is 12.4. The minimum absolute atomic E-state index is 0.190. The Kier molecular flexibility index (Phi) is 6.12. The minimum atomic E-state index is -0.684. The third kappa shape index (κ3) is 4.94. The number of ether oxygens (including phenoxy) is 1. The molecule has 1 aromatic carbocycles. The highest BCUT2D eigenvalue weighted by Crippen LogP contribution is 2.10. The average molecular weight is 329 g/mol. The Labute approximate surface area is 141 Å². The van der Waals surface area contributed by atoms with Crippen LogP contribution >= 0.6 is 0 Å². The monoisotopic (exact) mass is 329 g/mol. The number of carbonyl (C=O) groups is 2. The fourth-order valence-corrected chi connectivity index (χ4v) is 2.34. The first-order valence-electron chi connectivity index (χ1n) is 7.96. The summed E-state index contributed by atoms with van der Waals surface area (Å²) in [5.41, 5.74) is 1.31. The van der Waals surface area contributed by atoms with E-state index in [0.717, 1.165) is 5.56 Å². The van der Waals surface area contributed by atoms with Crippen molar-refractivity contribution in [3.05, 3.63) is 53.9 Å². The molecule has 0 saturated carbocycles. The molecule has 0 radical (unpaired) electrons. The SMILES string of the molecule is CC(C)C[C@@H](NC(=O)c1ccnn1C)C(=O)OCc1ccccc1. The molecule has 24 heavy (non-hydrogen) atoms. The van der Waals surface area contributed by atoms with E-state index in [-0.39, 0.29) is 18.4 Å². The summed E-state index contributed by atoms with van der Waals surface area (Å²) >= 11 is 0. The van der Waals surface area contributed by atoms with Crippen LogP contribution in [-0.2, 0) is 23.2 Å². The lowest BCUT2D eigenvalue weighted by Gasteiger charge is -2.19. The number of benzene rings is 1. The summed E-state index contributed by atoms with van der Waals surface area (Å²) in [6.07, 6.45) is 2.05. The number of aromatic nitrogens is 2. The maximum Gasteiger partial charge on any atom is 0.328 e. The van der Waals surface area contributed by atoms with Gasteiger partial charge in [-0.25, -0.2) is 4.79 Å². The first-order valence-corrected chi connectivity index (χ1v) is 7.96. The molecule has 0 unspecified atom stereocenters. The third-order valence-corrected chi connectivity index (χ3v) is 3.57. The minimum Gasteiger partial charge on any atom is -0.459 e. The Balaban J connectivity index is 2.00. The van der Waals surface area contributed by atoms with Gasteiger partial charge in [0.25, 0.3) is 5.91 Å². The molecule has 6 heteroatoms. The van der Waals surface area contributed by atoms with Gasteiger partial charge >= 0.3 is 5.97 Å². The van der Waals surface area contributed by atoms with E-state index in [9.17, 15) is 9.59 Å². The van der Waals surface area contributed by atoms with Crippen molar-refractivity contribution >= 4 is 11.9 Å². The molecule has 128 valence electrons. The molecule has 2 rings (SSSR count). The van der Waals surface area contributed by atoms with Gasteiger partial charge in [-0.3, -0.25) is 9.48 Å². The van der Waals surface area contributed by atoms with E-state index >= 15 is 0 Å². The van der Waals surface area contributed by atoms with Crippen molar-refractivity contribution in [2.24, 2.45) is 13.0 Å². The molecular formula is C18H23N3O3. The van der Waals surface area contributed by atoms with Crippen LogP contribution in [0.25, 0.3) is 0 Å². The molecule has 1 N–H and O–H groups in total. The fraction of sp³-hybridized carbons (Fsp3) is 0.389. The number of esters is 1. The van der Waals surface area contributed by atoms with Crippen molar-refractivity contribution in [1.82, 2.24) is 15.1 Å². The number of aryl methyl sites for hydroxylation is 1. The first-order chi connectivity index (χ1) is 11.5. The number of rotatable bonds is 7. The van der Waals surface area contributed by atoms with Crippen molar-refractivity contribution in [3.8, 4) is 0 Å². The van der Waals surface area contributed by atoms with Gasteiger partial charge in [-0.05, 0) is 24.0 Å². The predicted octanol–water partition coefficient (Wildman–Crippen LogP) is 2.31. The van der Waals surface area contributed by atoms with Gasteiger partial charge in [0.2, 0.25) is 0 Å². The fourth-order valence-electron chi connectivity index (χ4n) is 2.34. The van der Waals surface area contributed by atoms with Gasteiger partial charge in [-0.15, -0.1) is 0 Å². The molecule has 0 fully saturated rings. The molecule has 1 aromatic heterocycles. The molecular weight excluding hydrogens is 306 g/mol. The second kappa shape index (κ2) is 8.29. The molecule has 6 nitrogen and oxygen atoms in total. The zero-order chi connectivity index (χ0) is 17.5. The lowest BCUT2D eigenvalue weighted by molar-refractivity contribution is -0.147. The molecule has 1 heterocycles. The summed E-state index contributed by atoms with van der Waals surface area (Å²) < 4.78 is 6.83. The van der Waals surface area contributed by atoms with E-state index in [1.807, 2.05) is 44.2 Å². The van der Waals surface area contributed by atoms with Crippen molar-refractivity contribution in [3.63, 3.8) is 0 Å².